The van der Waals surface area contributed by atoms with Gasteiger partial charge in [0.15, 0.2) is 0 Å². The Balaban J connectivity index is 2.18. The summed E-state index contributed by atoms with van der Waals surface area (Å²) in [5, 5.41) is 14.9. The molecule has 1 heterocycles. The van der Waals surface area contributed by atoms with Crippen LogP contribution in [-0.4, -0.2) is 22.0 Å². The molecule has 0 saturated heterocycles. The Hall–Kier alpha value is -2.75. The maximum absolute atomic E-state index is 10.5. The molecule has 25 heavy (non-hydrogen) atoms. The number of aromatic hydroxyl groups is 1. The minimum absolute atomic E-state index is 0.0973. The maximum Gasteiger partial charge on any atom is 0.234 e. The van der Waals surface area contributed by atoms with Crippen molar-refractivity contribution >= 4 is 0 Å². The van der Waals surface area contributed by atoms with Gasteiger partial charge in [-0.1, -0.05) is 43.7 Å². The second-order valence-corrected chi connectivity index (χ2v) is 6.72. The minimum atomic E-state index is 0.0973. The van der Waals surface area contributed by atoms with E-state index >= 15 is 0 Å². The molecule has 4 heteroatoms. The second-order valence-electron chi connectivity index (χ2n) is 6.72. The van der Waals surface area contributed by atoms with Crippen LogP contribution in [0.15, 0.2) is 48.5 Å². The van der Waals surface area contributed by atoms with Crippen LogP contribution < -0.4 is 4.74 Å². The van der Waals surface area contributed by atoms with E-state index in [1.54, 1.807) is 7.11 Å². The summed E-state index contributed by atoms with van der Waals surface area (Å²) in [6.45, 7) is 6.35. The predicted molar refractivity (Wildman–Crippen MR) is 100 cm³/mol. The van der Waals surface area contributed by atoms with Gasteiger partial charge in [0, 0.05) is 11.1 Å². The number of aromatic nitrogens is 2. The van der Waals surface area contributed by atoms with E-state index in [-0.39, 0.29) is 5.88 Å². The number of nitrogens with zero attached hydrogens (tertiary/aromatic N) is 2. The van der Waals surface area contributed by atoms with Crippen LogP contribution in [0, 0.1) is 12.8 Å². The van der Waals surface area contributed by atoms with E-state index in [2.05, 4.69) is 50.1 Å². The molecule has 3 aromatic rings. The van der Waals surface area contributed by atoms with E-state index < -0.39 is 0 Å². The fourth-order valence-corrected chi connectivity index (χ4v) is 2.95. The highest BCUT2D eigenvalue weighted by atomic mass is 16.5. The first-order valence-electron chi connectivity index (χ1n) is 8.52. The molecular weight excluding hydrogens is 312 g/mol. The van der Waals surface area contributed by atoms with E-state index in [1.807, 2.05) is 28.9 Å². The first-order valence-corrected chi connectivity index (χ1v) is 8.52. The van der Waals surface area contributed by atoms with E-state index in [4.69, 9.17) is 4.74 Å². The van der Waals surface area contributed by atoms with Gasteiger partial charge in [-0.3, -0.25) is 0 Å². The average Bonchev–Trinajstić information content (AvgIpc) is 2.92. The Morgan fingerprint density at radius 3 is 2.24 bits per heavy atom. The molecule has 3 rings (SSSR count). The lowest BCUT2D eigenvalue weighted by molar-refractivity contribution is 0.414. The molecule has 130 valence electrons. The highest BCUT2D eigenvalue weighted by Crippen LogP contribution is 2.34. The Kier molecular flexibility index (Phi) is 4.79. The van der Waals surface area contributed by atoms with Crippen LogP contribution in [0.5, 0.6) is 11.6 Å². The molecule has 0 radical (unpaired) electrons. The summed E-state index contributed by atoms with van der Waals surface area (Å²) in [7, 11) is 1.65. The molecule has 0 bridgehead atoms. The second kappa shape index (κ2) is 7.01. The molecule has 0 aliphatic rings. The molecule has 2 aromatic carbocycles. The fourth-order valence-electron chi connectivity index (χ4n) is 2.95. The normalized spacial score (nSPS) is 11.1. The van der Waals surface area contributed by atoms with Crippen molar-refractivity contribution in [2.75, 3.05) is 7.11 Å². The monoisotopic (exact) mass is 336 g/mol. The molecule has 1 aromatic heterocycles. The quantitative estimate of drug-likeness (QED) is 0.731. The topological polar surface area (TPSA) is 47.3 Å². The molecule has 0 spiro atoms. The zero-order valence-corrected chi connectivity index (χ0v) is 15.2. The van der Waals surface area contributed by atoms with Crippen molar-refractivity contribution in [1.82, 2.24) is 9.78 Å². The molecule has 4 nitrogen and oxygen atoms in total. The molecule has 0 atom stereocenters. The lowest BCUT2D eigenvalue weighted by Crippen LogP contribution is -2.01. The lowest BCUT2D eigenvalue weighted by atomic mass is 9.98. The number of aryl methyl sites for hydroxylation is 1. The maximum atomic E-state index is 10.5. The fraction of sp³-hybridized carbons (Fsp3) is 0.286. The first-order chi connectivity index (χ1) is 12.0. The summed E-state index contributed by atoms with van der Waals surface area (Å²) in [6, 6.07) is 16.0. The van der Waals surface area contributed by atoms with Gasteiger partial charge >= 0.3 is 0 Å². The first kappa shape index (κ1) is 17.1. The summed E-state index contributed by atoms with van der Waals surface area (Å²) in [6.07, 6.45) is 0.769. The van der Waals surface area contributed by atoms with Crippen molar-refractivity contribution in [1.29, 1.82) is 0 Å². The summed E-state index contributed by atoms with van der Waals surface area (Å²) >= 11 is 0. The highest BCUT2D eigenvalue weighted by molar-refractivity contribution is 5.68. The average molecular weight is 336 g/mol. The van der Waals surface area contributed by atoms with Crippen LogP contribution in [0.3, 0.4) is 0 Å². The molecule has 0 aliphatic carbocycles. The van der Waals surface area contributed by atoms with Crippen LogP contribution in [-0.2, 0) is 6.42 Å². The van der Waals surface area contributed by atoms with Gasteiger partial charge in [-0.25, -0.2) is 4.68 Å². The lowest BCUT2D eigenvalue weighted by Gasteiger charge is -2.12. The standard InChI is InChI=1S/C21H24N2O2/c1-14(2)13-19-20(16-7-5-15(3)6-8-16)23(22-21(19)24)17-9-11-18(25-4)12-10-17/h5-12,14H,13H2,1-4H3,(H,22,24). The van der Waals surface area contributed by atoms with Gasteiger partial charge in [0.2, 0.25) is 5.88 Å². The smallest absolute Gasteiger partial charge is 0.234 e. The summed E-state index contributed by atoms with van der Waals surface area (Å²) in [4.78, 5) is 0. The van der Waals surface area contributed by atoms with Crippen LogP contribution >= 0.6 is 0 Å². The van der Waals surface area contributed by atoms with Crippen molar-refractivity contribution in [2.45, 2.75) is 27.2 Å². The summed E-state index contributed by atoms with van der Waals surface area (Å²) in [5.74, 6) is 1.31. The van der Waals surface area contributed by atoms with Gasteiger partial charge in [-0.2, -0.15) is 0 Å². The van der Waals surface area contributed by atoms with Crippen molar-refractivity contribution in [3.05, 3.63) is 59.7 Å². The Labute approximate surface area is 148 Å². The van der Waals surface area contributed by atoms with E-state index in [1.165, 1.54) is 5.56 Å². The zero-order chi connectivity index (χ0) is 18.0. The van der Waals surface area contributed by atoms with E-state index in [0.29, 0.717) is 5.92 Å². The van der Waals surface area contributed by atoms with Gasteiger partial charge in [0.25, 0.3) is 0 Å². The third-order valence-electron chi connectivity index (χ3n) is 4.22. The van der Waals surface area contributed by atoms with Crippen LogP contribution in [0.1, 0.15) is 25.0 Å². The van der Waals surface area contributed by atoms with E-state index in [0.717, 1.165) is 34.7 Å². The van der Waals surface area contributed by atoms with Crippen molar-refractivity contribution in [3.63, 3.8) is 0 Å². The molecule has 0 aliphatic heterocycles. The number of rotatable bonds is 5. The summed E-state index contributed by atoms with van der Waals surface area (Å²) < 4.78 is 7.05. The van der Waals surface area contributed by atoms with Crippen molar-refractivity contribution < 1.29 is 9.84 Å². The molecule has 0 saturated carbocycles. The molecule has 0 amide bonds. The third kappa shape index (κ3) is 3.53. The Morgan fingerprint density at radius 2 is 1.68 bits per heavy atom. The molecular formula is C21H24N2O2. The SMILES string of the molecule is COc1ccc(-n2nc(O)c(CC(C)C)c2-c2ccc(C)cc2)cc1. The summed E-state index contributed by atoms with van der Waals surface area (Å²) in [5.41, 5.74) is 4.96. The number of hydrogen-bond donors (Lipinski definition) is 1. The van der Waals surface area contributed by atoms with E-state index in [9.17, 15) is 5.11 Å². The van der Waals surface area contributed by atoms with Gasteiger partial charge in [0.05, 0.1) is 18.5 Å². The van der Waals surface area contributed by atoms with Gasteiger partial charge in [-0.15, -0.1) is 5.10 Å². The van der Waals surface area contributed by atoms with Gasteiger partial charge in [-0.05, 0) is 43.5 Å². The minimum Gasteiger partial charge on any atom is -0.497 e. The highest BCUT2D eigenvalue weighted by Gasteiger charge is 2.20. The number of benzene rings is 2. The Bertz CT molecular complexity index is 847. The number of hydrogen-bond acceptors (Lipinski definition) is 3. The van der Waals surface area contributed by atoms with Gasteiger partial charge in [0.1, 0.15) is 5.75 Å². The van der Waals surface area contributed by atoms with Crippen LogP contribution in [0.2, 0.25) is 0 Å². The Morgan fingerprint density at radius 1 is 1.04 bits per heavy atom. The number of ether oxygens (including phenoxy) is 1. The predicted octanol–water partition coefficient (Wildman–Crippen LogP) is 4.76. The zero-order valence-electron chi connectivity index (χ0n) is 15.2. The van der Waals surface area contributed by atoms with Crippen LogP contribution in [0.25, 0.3) is 16.9 Å². The van der Waals surface area contributed by atoms with Crippen molar-refractivity contribution in [3.8, 4) is 28.6 Å². The number of methoxy groups -OCH3 is 1. The molecule has 0 unspecified atom stereocenters. The molecule has 1 N–H and O–H groups in total. The van der Waals surface area contributed by atoms with Crippen molar-refractivity contribution in [2.24, 2.45) is 5.92 Å². The third-order valence-corrected chi connectivity index (χ3v) is 4.22. The largest absolute Gasteiger partial charge is 0.497 e. The molecule has 0 fully saturated rings. The van der Waals surface area contributed by atoms with Crippen LogP contribution in [0.4, 0.5) is 0 Å². The van der Waals surface area contributed by atoms with Gasteiger partial charge < -0.3 is 9.84 Å².